The van der Waals surface area contributed by atoms with Gasteiger partial charge in [-0.3, -0.25) is 0 Å². The summed E-state index contributed by atoms with van der Waals surface area (Å²) in [6, 6.07) is 16.6. The maximum atomic E-state index is 5.71. The number of aryl methyl sites for hydroxylation is 2. The summed E-state index contributed by atoms with van der Waals surface area (Å²) in [7, 11) is 0. The van der Waals surface area contributed by atoms with Crippen LogP contribution in [0.2, 0.25) is 0 Å². The summed E-state index contributed by atoms with van der Waals surface area (Å²) in [6.45, 7) is 3.54. The first kappa shape index (κ1) is 20.9. The molecule has 4 rings (SSSR count). The lowest BCUT2D eigenvalue weighted by molar-refractivity contribution is 0.616. The van der Waals surface area contributed by atoms with Crippen LogP contribution in [0.25, 0.3) is 22.5 Å². The number of nitrogens with zero attached hydrogens (tertiary/aromatic N) is 6. The van der Waals surface area contributed by atoms with Gasteiger partial charge in [0.05, 0.1) is 6.54 Å². The summed E-state index contributed by atoms with van der Waals surface area (Å²) in [6.07, 6.45) is 4.93. The van der Waals surface area contributed by atoms with Gasteiger partial charge in [-0.15, -0.1) is 10.2 Å². The number of benzene rings is 2. The van der Waals surface area contributed by atoms with E-state index in [9.17, 15) is 0 Å². The highest BCUT2D eigenvalue weighted by Crippen LogP contribution is 2.29. The molecule has 2 aromatic heterocycles. The van der Waals surface area contributed by atoms with Crippen LogP contribution in [0.1, 0.15) is 43.4 Å². The third-order valence-electron chi connectivity index (χ3n) is 5.26. The maximum Gasteiger partial charge on any atom is 0.205 e. The van der Waals surface area contributed by atoms with Gasteiger partial charge in [-0.05, 0) is 41.3 Å². The molecule has 0 radical (unpaired) electrons. The van der Waals surface area contributed by atoms with Gasteiger partial charge in [0.2, 0.25) is 5.82 Å². The van der Waals surface area contributed by atoms with Gasteiger partial charge in [0.1, 0.15) is 5.82 Å². The van der Waals surface area contributed by atoms with Crippen LogP contribution in [-0.4, -0.2) is 41.9 Å². The van der Waals surface area contributed by atoms with Crippen molar-refractivity contribution >= 4 is 0 Å². The Labute approximate surface area is 181 Å². The highest BCUT2D eigenvalue weighted by molar-refractivity contribution is 5.80. The van der Waals surface area contributed by atoms with E-state index in [0.29, 0.717) is 18.9 Å². The second-order valence-corrected chi connectivity index (χ2v) is 7.58. The number of tetrazole rings is 1. The smallest absolute Gasteiger partial charge is 0.205 e. The Bertz CT molecular complexity index is 1080. The molecule has 0 fully saturated rings. The molecule has 0 amide bonds. The Balaban J connectivity index is 1.55. The fraction of sp³-hybridized carbons (Fsp3) is 0.348. The van der Waals surface area contributed by atoms with Crippen LogP contribution in [0, 0.1) is 0 Å². The first-order chi connectivity index (χ1) is 15.3. The van der Waals surface area contributed by atoms with E-state index in [1.165, 1.54) is 5.56 Å². The quantitative estimate of drug-likeness (QED) is 0.410. The lowest BCUT2D eigenvalue weighted by Crippen LogP contribution is -2.09. The van der Waals surface area contributed by atoms with Gasteiger partial charge in [0.15, 0.2) is 5.82 Å². The largest absolute Gasteiger partial charge is 0.330 e. The van der Waals surface area contributed by atoms with Crippen LogP contribution >= 0.6 is 0 Å². The first-order valence-corrected chi connectivity index (χ1v) is 10.8. The summed E-state index contributed by atoms with van der Waals surface area (Å²) in [4.78, 5) is 4.76. The number of aromatic nitrogens is 7. The van der Waals surface area contributed by atoms with Crippen molar-refractivity contribution in [3.8, 4) is 22.5 Å². The fourth-order valence-corrected chi connectivity index (χ4v) is 3.61. The molecule has 2 aromatic carbocycles. The average Bonchev–Trinajstić information content (AvgIpc) is 3.47. The number of unbranched alkanes of at least 4 members (excludes halogenated alkanes) is 1. The topological polar surface area (TPSA) is 111 Å². The molecule has 0 aliphatic heterocycles. The SMILES string of the molecule is CCCCc1nc(CCCN)n(Cc2ccc(-c3ccccc3-c3nn[nH]n3)cc2)n1. The molecule has 4 aromatic rings. The molecular weight excluding hydrogens is 388 g/mol. The van der Waals surface area contributed by atoms with Gasteiger partial charge >= 0.3 is 0 Å². The van der Waals surface area contributed by atoms with Crippen molar-refractivity contribution in [2.75, 3.05) is 6.54 Å². The summed E-state index contributed by atoms with van der Waals surface area (Å²) >= 11 is 0. The molecule has 0 bridgehead atoms. The van der Waals surface area contributed by atoms with Gasteiger partial charge in [0.25, 0.3) is 0 Å². The zero-order valence-corrected chi connectivity index (χ0v) is 17.8. The van der Waals surface area contributed by atoms with Crippen LogP contribution in [0.3, 0.4) is 0 Å². The van der Waals surface area contributed by atoms with Crippen LogP contribution in [-0.2, 0) is 19.4 Å². The number of hydrogen-bond acceptors (Lipinski definition) is 6. The monoisotopic (exact) mass is 416 g/mol. The van der Waals surface area contributed by atoms with E-state index >= 15 is 0 Å². The first-order valence-electron chi connectivity index (χ1n) is 10.8. The van der Waals surface area contributed by atoms with Crippen molar-refractivity contribution in [3.63, 3.8) is 0 Å². The van der Waals surface area contributed by atoms with Crippen LogP contribution in [0.15, 0.2) is 48.5 Å². The lowest BCUT2D eigenvalue weighted by atomic mass is 9.98. The summed E-state index contributed by atoms with van der Waals surface area (Å²) in [5.74, 6) is 2.54. The molecule has 0 aliphatic carbocycles. The Kier molecular flexibility index (Phi) is 6.78. The van der Waals surface area contributed by atoms with E-state index in [4.69, 9.17) is 15.8 Å². The van der Waals surface area contributed by atoms with Gasteiger partial charge in [0, 0.05) is 18.4 Å². The summed E-state index contributed by atoms with van der Waals surface area (Å²) < 4.78 is 2.03. The molecular formula is C23H28N8. The van der Waals surface area contributed by atoms with Gasteiger partial charge < -0.3 is 5.73 Å². The molecule has 8 heteroatoms. The highest BCUT2D eigenvalue weighted by Gasteiger charge is 2.12. The van der Waals surface area contributed by atoms with Crippen molar-refractivity contribution in [1.29, 1.82) is 0 Å². The second kappa shape index (κ2) is 10.1. The Hall–Kier alpha value is -3.39. The fourth-order valence-electron chi connectivity index (χ4n) is 3.61. The van der Waals surface area contributed by atoms with E-state index in [0.717, 1.165) is 60.4 Å². The standard InChI is InChI=1S/C23H28N8/c1-2-3-9-21-25-22(10-6-15-24)31(28-21)16-17-11-13-18(14-12-17)19-7-4-5-8-20(19)23-26-29-30-27-23/h4-5,7-8,11-14H,2-3,6,9-10,15-16,24H2,1H3,(H,26,27,29,30). The van der Waals surface area contributed by atoms with Crippen molar-refractivity contribution in [2.24, 2.45) is 5.73 Å². The predicted octanol–water partition coefficient (Wildman–Crippen LogP) is 3.41. The van der Waals surface area contributed by atoms with Crippen LogP contribution in [0.4, 0.5) is 0 Å². The number of aromatic amines is 1. The van der Waals surface area contributed by atoms with Crippen LogP contribution in [0.5, 0.6) is 0 Å². The Morgan fingerprint density at radius 2 is 1.77 bits per heavy atom. The normalized spacial score (nSPS) is 11.2. The lowest BCUT2D eigenvalue weighted by Gasteiger charge is -2.09. The minimum atomic E-state index is 0.589. The molecule has 8 nitrogen and oxygen atoms in total. The van der Waals surface area contributed by atoms with E-state index in [1.807, 2.05) is 22.9 Å². The number of hydrogen-bond donors (Lipinski definition) is 2. The molecule has 2 heterocycles. The zero-order valence-electron chi connectivity index (χ0n) is 17.8. The minimum absolute atomic E-state index is 0.589. The molecule has 31 heavy (non-hydrogen) atoms. The second-order valence-electron chi connectivity index (χ2n) is 7.58. The number of nitrogens with one attached hydrogen (secondary N) is 1. The average molecular weight is 417 g/mol. The molecule has 160 valence electrons. The van der Waals surface area contributed by atoms with Gasteiger partial charge in [-0.25, -0.2) is 9.67 Å². The van der Waals surface area contributed by atoms with Crippen molar-refractivity contribution < 1.29 is 0 Å². The third kappa shape index (κ3) is 5.03. The molecule has 0 spiro atoms. The van der Waals surface area contributed by atoms with Crippen molar-refractivity contribution in [3.05, 3.63) is 65.7 Å². The molecule has 0 atom stereocenters. The Morgan fingerprint density at radius 3 is 2.48 bits per heavy atom. The third-order valence-corrected chi connectivity index (χ3v) is 5.26. The maximum absolute atomic E-state index is 5.71. The van der Waals surface area contributed by atoms with E-state index in [1.54, 1.807) is 0 Å². The van der Waals surface area contributed by atoms with Gasteiger partial charge in [-0.2, -0.15) is 10.3 Å². The molecule has 0 unspecified atom stereocenters. The van der Waals surface area contributed by atoms with E-state index < -0.39 is 0 Å². The van der Waals surface area contributed by atoms with E-state index in [2.05, 4.69) is 57.9 Å². The molecule has 0 saturated heterocycles. The number of H-pyrrole nitrogens is 1. The predicted molar refractivity (Wildman–Crippen MR) is 120 cm³/mol. The zero-order chi connectivity index (χ0) is 21.5. The Morgan fingerprint density at radius 1 is 0.968 bits per heavy atom. The number of nitrogens with two attached hydrogens (primary N) is 1. The van der Waals surface area contributed by atoms with Crippen molar-refractivity contribution in [1.82, 2.24) is 35.4 Å². The van der Waals surface area contributed by atoms with E-state index in [-0.39, 0.29) is 0 Å². The molecule has 0 saturated carbocycles. The van der Waals surface area contributed by atoms with Gasteiger partial charge in [-0.1, -0.05) is 61.9 Å². The molecule has 0 aliphatic rings. The highest BCUT2D eigenvalue weighted by atomic mass is 15.5. The number of rotatable bonds is 10. The summed E-state index contributed by atoms with van der Waals surface area (Å²) in [5, 5.41) is 19.2. The van der Waals surface area contributed by atoms with Crippen molar-refractivity contribution in [2.45, 2.75) is 45.6 Å². The van der Waals surface area contributed by atoms with Crippen LogP contribution < -0.4 is 5.73 Å². The summed E-state index contributed by atoms with van der Waals surface area (Å²) in [5.41, 5.74) is 10.0. The molecule has 3 N–H and O–H groups in total. The minimum Gasteiger partial charge on any atom is -0.330 e.